The number of rotatable bonds is 11. The Hall–Kier alpha value is -2.80. The van der Waals surface area contributed by atoms with Crippen LogP contribution in [0.3, 0.4) is 0 Å². The zero-order valence-corrected chi connectivity index (χ0v) is 20.3. The molecule has 2 aromatic rings. The summed E-state index contributed by atoms with van der Waals surface area (Å²) in [6, 6.07) is 8.69. The van der Waals surface area contributed by atoms with Crippen molar-refractivity contribution in [2.24, 2.45) is 5.73 Å². The molecule has 2 aromatic carbocycles. The highest BCUT2D eigenvalue weighted by Gasteiger charge is 2.55. The average Bonchev–Trinajstić information content (AvgIpc) is 3.50. The van der Waals surface area contributed by atoms with Gasteiger partial charge in [0, 0.05) is 41.7 Å². The summed E-state index contributed by atoms with van der Waals surface area (Å²) in [5.41, 5.74) is 7.35. The van der Waals surface area contributed by atoms with Gasteiger partial charge in [-0.1, -0.05) is 13.8 Å². The number of nitrogens with zero attached hydrogens (tertiary/aromatic N) is 1. The maximum absolute atomic E-state index is 13.8. The van der Waals surface area contributed by atoms with Gasteiger partial charge in [-0.25, -0.2) is 8.78 Å². The molecule has 184 valence electrons. The van der Waals surface area contributed by atoms with E-state index in [0.29, 0.717) is 55.6 Å². The molecular weight excluding hydrogens is 436 g/mol. The maximum atomic E-state index is 13.8. The fourth-order valence-electron chi connectivity index (χ4n) is 4.79. The van der Waals surface area contributed by atoms with Gasteiger partial charge < -0.3 is 16.0 Å². The smallest absolute Gasteiger partial charge is 0.253 e. The minimum atomic E-state index is -0.633. The molecule has 1 saturated carbocycles. The first kappa shape index (κ1) is 25.8. The maximum Gasteiger partial charge on any atom is 0.253 e. The van der Waals surface area contributed by atoms with Gasteiger partial charge in [0.25, 0.3) is 11.8 Å². The third kappa shape index (κ3) is 6.00. The minimum absolute atomic E-state index is 0.0844. The zero-order chi connectivity index (χ0) is 24.9. The van der Waals surface area contributed by atoms with E-state index >= 15 is 0 Å². The molecule has 2 amide bonds. The van der Waals surface area contributed by atoms with Crippen LogP contribution in [0.1, 0.15) is 83.7 Å². The quantitative estimate of drug-likeness (QED) is 0.488. The lowest BCUT2D eigenvalue weighted by atomic mass is 9.99. The van der Waals surface area contributed by atoms with Crippen molar-refractivity contribution in [1.82, 2.24) is 10.2 Å². The van der Waals surface area contributed by atoms with E-state index in [1.54, 1.807) is 18.2 Å². The molecule has 3 rings (SSSR count). The number of nitrogens with one attached hydrogen (secondary N) is 1. The van der Waals surface area contributed by atoms with Crippen molar-refractivity contribution in [2.75, 3.05) is 19.6 Å². The Morgan fingerprint density at radius 2 is 1.65 bits per heavy atom. The van der Waals surface area contributed by atoms with Crippen LogP contribution in [0.4, 0.5) is 8.78 Å². The predicted molar refractivity (Wildman–Crippen MR) is 130 cm³/mol. The van der Waals surface area contributed by atoms with Gasteiger partial charge >= 0.3 is 0 Å². The first-order valence-corrected chi connectivity index (χ1v) is 12.1. The van der Waals surface area contributed by atoms with Crippen LogP contribution in [0.15, 0.2) is 36.4 Å². The highest BCUT2D eigenvalue weighted by atomic mass is 19.1. The van der Waals surface area contributed by atoms with Crippen molar-refractivity contribution in [3.8, 4) is 0 Å². The highest BCUT2D eigenvalue weighted by Crippen LogP contribution is 2.54. The summed E-state index contributed by atoms with van der Waals surface area (Å²) in [4.78, 5) is 28.2. The number of carbonyl (C=O) groups excluding carboxylic acids is 2. The van der Waals surface area contributed by atoms with Gasteiger partial charge in [0.15, 0.2) is 0 Å². The molecule has 0 bridgehead atoms. The minimum Gasteiger partial charge on any atom is -0.346 e. The highest BCUT2D eigenvalue weighted by molar-refractivity contribution is 6.00. The molecule has 5 nitrogen and oxygen atoms in total. The largest absolute Gasteiger partial charge is 0.346 e. The summed E-state index contributed by atoms with van der Waals surface area (Å²) in [5, 5.41) is 3.11. The zero-order valence-electron chi connectivity index (χ0n) is 20.3. The van der Waals surface area contributed by atoms with Gasteiger partial charge in [0.2, 0.25) is 0 Å². The summed E-state index contributed by atoms with van der Waals surface area (Å²) >= 11 is 0. The third-order valence-electron chi connectivity index (χ3n) is 6.41. The van der Waals surface area contributed by atoms with Gasteiger partial charge in [0.05, 0.1) is 0 Å². The first-order chi connectivity index (χ1) is 16.2. The molecule has 0 aliphatic heterocycles. The number of hydrogen-bond acceptors (Lipinski definition) is 3. The second-order valence-electron chi connectivity index (χ2n) is 9.34. The fourth-order valence-corrected chi connectivity index (χ4v) is 4.79. The molecule has 1 fully saturated rings. The van der Waals surface area contributed by atoms with Crippen LogP contribution >= 0.6 is 0 Å². The van der Waals surface area contributed by atoms with E-state index in [0.717, 1.165) is 24.5 Å². The number of halogens is 2. The lowest BCUT2D eigenvalue weighted by Gasteiger charge is -2.23. The Bertz CT molecular complexity index is 1020. The van der Waals surface area contributed by atoms with Gasteiger partial charge in [-0.05, 0) is 87.0 Å². The summed E-state index contributed by atoms with van der Waals surface area (Å²) < 4.78 is 27.6. The molecule has 2 atom stereocenters. The topological polar surface area (TPSA) is 75.4 Å². The first-order valence-electron chi connectivity index (χ1n) is 12.1. The molecule has 7 heteroatoms. The average molecular weight is 472 g/mol. The second kappa shape index (κ2) is 11.1. The van der Waals surface area contributed by atoms with Crippen LogP contribution in [0.2, 0.25) is 0 Å². The van der Waals surface area contributed by atoms with Crippen LogP contribution < -0.4 is 11.1 Å². The molecule has 1 aliphatic carbocycles. The lowest BCUT2D eigenvalue weighted by Crippen LogP contribution is -2.39. The van der Waals surface area contributed by atoms with E-state index in [1.807, 2.05) is 25.7 Å². The molecule has 0 aromatic heterocycles. The van der Waals surface area contributed by atoms with Crippen molar-refractivity contribution in [3.63, 3.8) is 0 Å². The molecule has 0 heterocycles. The normalized spacial score (nSPS) is 19.1. The fraction of sp³-hybridized carbons (Fsp3) is 0.481. The Morgan fingerprint density at radius 3 is 2.24 bits per heavy atom. The molecule has 1 unspecified atom stereocenters. The van der Waals surface area contributed by atoms with Crippen molar-refractivity contribution in [3.05, 3.63) is 70.3 Å². The number of nitrogens with two attached hydrogens (primary N) is 1. The molecule has 1 aliphatic rings. The van der Waals surface area contributed by atoms with Crippen LogP contribution in [0, 0.1) is 18.6 Å². The van der Waals surface area contributed by atoms with Crippen molar-refractivity contribution < 1.29 is 18.4 Å². The standard InChI is InChI=1S/C27H35F2N3O2/c1-4-9-32(10-5-2)26(34)21-12-18(3)11-20(13-21)25(33)31-27(7-6-8-30)17-24(27)19-14-22(28)16-23(29)15-19/h11-16,24H,4-10,17,30H2,1-3H3,(H,31,33)/t24-,27?/m0/s1. The van der Waals surface area contributed by atoms with Crippen molar-refractivity contribution >= 4 is 11.8 Å². The van der Waals surface area contributed by atoms with Crippen LogP contribution in [0.25, 0.3) is 0 Å². The Labute approximate surface area is 200 Å². The summed E-state index contributed by atoms with van der Waals surface area (Å²) in [6.07, 6.45) is 3.58. The van der Waals surface area contributed by atoms with E-state index < -0.39 is 17.2 Å². The van der Waals surface area contributed by atoms with Crippen LogP contribution in [-0.2, 0) is 0 Å². The molecule has 0 saturated heterocycles. The van der Waals surface area contributed by atoms with Gasteiger partial charge in [-0.15, -0.1) is 0 Å². The molecule has 0 radical (unpaired) electrons. The van der Waals surface area contributed by atoms with E-state index in [4.69, 9.17) is 5.73 Å². The van der Waals surface area contributed by atoms with Gasteiger partial charge in [-0.3, -0.25) is 9.59 Å². The summed E-state index contributed by atoms with van der Waals surface area (Å²) in [6.45, 7) is 7.70. The summed E-state index contributed by atoms with van der Waals surface area (Å²) in [7, 11) is 0. The van der Waals surface area contributed by atoms with E-state index in [2.05, 4.69) is 5.32 Å². The van der Waals surface area contributed by atoms with Crippen LogP contribution in [-0.4, -0.2) is 41.9 Å². The van der Waals surface area contributed by atoms with Gasteiger partial charge in [-0.2, -0.15) is 0 Å². The number of amides is 2. The number of benzene rings is 2. The molecule has 0 spiro atoms. The van der Waals surface area contributed by atoms with Crippen LogP contribution in [0.5, 0.6) is 0 Å². The second-order valence-corrected chi connectivity index (χ2v) is 9.34. The molecular formula is C27H35F2N3O2. The monoisotopic (exact) mass is 471 g/mol. The van der Waals surface area contributed by atoms with Gasteiger partial charge in [0.1, 0.15) is 11.6 Å². The Morgan fingerprint density at radius 1 is 1.03 bits per heavy atom. The predicted octanol–water partition coefficient (Wildman–Crippen LogP) is 4.93. The van der Waals surface area contributed by atoms with Crippen molar-refractivity contribution in [1.29, 1.82) is 0 Å². The third-order valence-corrected chi connectivity index (χ3v) is 6.41. The number of carbonyl (C=O) groups is 2. The van der Waals surface area contributed by atoms with E-state index in [-0.39, 0.29) is 17.7 Å². The lowest BCUT2D eigenvalue weighted by molar-refractivity contribution is 0.0755. The Balaban J connectivity index is 1.84. The number of hydrogen-bond donors (Lipinski definition) is 2. The summed E-state index contributed by atoms with van der Waals surface area (Å²) in [5.74, 6) is -1.84. The molecule has 34 heavy (non-hydrogen) atoms. The Kier molecular flexibility index (Phi) is 8.42. The van der Waals surface area contributed by atoms with E-state index in [9.17, 15) is 18.4 Å². The molecule has 3 N–H and O–H groups in total. The van der Waals surface area contributed by atoms with E-state index in [1.165, 1.54) is 12.1 Å². The number of aryl methyl sites for hydroxylation is 1. The van der Waals surface area contributed by atoms with Crippen molar-refractivity contribution in [2.45, 2.75) is 64.3 Å². The SMILES string of the molecule is CCCN(CCC)C(=O)c1cc(C)cc(C(=O)NC2(CCCN)C[C@H]2c2cc(F)cc(F)c2)c1.